The number of nitrogens with one attached hydrogen (secondary N) is 2. The van der Waals surface area contributed by atoms with Gasteiger partial charge in [-0.2, -0.15) is 18.4 Å². The van der Waals surface area contributed by atoms with Gasteiger partial charge in [0.1, 0.15) is 0 Å². The number of nitriles is 1. The predicted molar refractivity (Wildman–Crippen MR) is 91.5 cm³/mol. The highest BCUT2D eigenvalue weighted by Gasteiger charge is 2.48. The minimum Gasteiger partial charge on any atom is -0.326 e. The lowest BCUT2D eigenvalue weighted by Gasteiger charge is -2.13. The zero-order valence-electron chi connectivity index (χ0n) is 13.9. The maximum Gasteiger partial charge on any atom is 0.418 e. The van der Waals surface area contributed by atoms with Gasteiger partial charge in [0.15, 0.2) is 0 Å². The van der Waals surface area contributed by atoms with E-state index in [1.807, 2.05) is 6.07 Å². The number of halogens is 3. The van der Waals surface area contributed by atoms with Crippen molar-refractivity contribution in [3.8, 4) is 6.07 Å². The van der Waals surface area contributed by atoms with Crippen LogP contribution in [-0.4, -0.2) is 11.8 Å². The summed E-state index contributed by atoms with van der Waals surface area (Å²) in [7, 11) is 0. The van der Waals surface area contributed by atoms with Crippen LogP contribution in [0.1, 0.15) is 17.5 Å². The van der Waals surface area contributed by atoms with Crippen LogP contribution in [0.25, 0.3) is 0 Å². The minimum atomic E-state index is -4.59. The SMILES string of the molecule is N#Cc1cccc(NC(=O)C2CC2C(=O)Nc2ccccc2C(F)(F)F)c1. The van der Waals surface area contributed by atoms with E-state index in [1.54, 1.807) is 18.2 Å². The number of hydrogen-bond acceptors (Lipinski definition) is 3. The van der Waals surface area contributed by atoms with Crippen molar-refractivity contribution in [3.63, 3.8) is 0 Å². The van der Waals surface area contributed by atoms with Crippen molar-refractivity contribution < 1.29 is 22.8 Å². The fraction of sp³-hybridized carbons (Fsp3) is 0.211. The van der Waals surface area contributed by atoms with Crippen LogP contribution in [0.2, 0.25) is 0 Å². The Morgan fingerprint density at radius 1 is 1.00 bits per heavy atom. The summed E-state index contributed by atoms with van der Waals surface area (Å²) in [5.41, 5.74) is -0.467. The van der Waals surface area contributed by atoms with Gasteiger partial charge in [0.2, 0.25) is 11.8 Å². The third kappa shape index (κ3) is 4.26. The number of amides is 2. The van der Waals surface area contributed by atoms with E-state index in [9.17, 15) is 22.8 Å². The molecule has 2 aromatic carbocycles. The lowest BCUT2D eigenvalue weighted by molar-refractivity contribution is -0.137. The number of rotatable bonds is 4. The summed E-state index contributed by atoms with van der Waals surface area (Å²) in [6.07, 6.45) is -4.33. The molecule has 1 aliphatic carbocycles. The van der Waals surface area contributed by atoms with E-state index in [-0.39, 0.29) is 12.1 Å². The molecule has 2 aromatic rings. The first-order chi connectivity index (χ1) is 12.8. The third-order valence-electron chi connectivity index (χ3n) is 4.21. The van der Waals surface area contributed by atoms with Gasteiger partial charge in [-0.05, 0) is 36.8 Å². The van der Waals surface area contributed by atoms with E-state index in [2.05, 4.69) is 10.6 Å². The van der Waals surface area contributed by atoms with Crippen LogP contribution in [0.15, 0.2) is 48.5 Å². The van der Waals surface area contributed by atoms with E-state index in [0.717, 1.165) is 6.07 Å². The molecule has 3 rings (SSSR count). The Morgan fingerprint density at radius 2 is 1.67 bits per heavy atom. The molecule has 1 fully saturated rings. The number of carbonyl (C=O) groups excluding carboxylic acids is 2. The molecule has 0 aliphatic heterocycles. The molecule has 2 amide bonds. The highest BCUT2D eigenvalue weighted by atomic mass is 19.4. The number of carbonyl (C=O) groups is 2. The number of benzene rings is 2. The highest BCUT2D eigenvalue weighted by Crippen LogP contribution is 2.41. The molecule has 2 unspecified atom stereocenters. The second-order valence-electron chi connectivity index (χ2n) is 6.16. The normalized spacial score (nSPS) is 18.3. The van der Waals surface area contributed by atoms with E-state index in [0.29, 0.717) is 11.3 Å². The van der Waals surface area contributed by atoms with Crippen molar-refractivity contribution >= 4 is 23.2 Å². The van der Waals surface area contributed by atoms with Crippen molar-refractivity contribution in [2.75, 3.05) is 10.6 Å². The lowest BCUT2D eigenvalue weighted by Crippen LogP contribution is -2.22. The molecule has 8 heteroatoms. The lowest BCUT2D eigenvalue weighted by atomic mass is 10.1. The summed E-state index contributed by atoms with van der Waals surface area (Å²) < 4.78 is 39.0. The molecule has 0 aromatic heterocycles. The Balaban J connectivity index is 1.63. The van der Waals surface area contributed by atoms with Gasteiger partial charge in [0.25, 0.3) is 0 Å². The van der Waals surface area contributed by atoms with Gasteiger partial charge in [-0.15, -0.1) is 0 Å². The molecule has 2 N–H and O–H groups in total. The van der Waals surface area contributed by atoms with E-state index in [4.69, 9.17) is 5.26 Å². The van der Waals surface area contributed by atoms with E-state index >= 15 is 0 Å². The Bertz CT molecular complexity index is 934. The fourth-order valence-corrected chi connectivity index (χ4v) is 2.74. The number of anilines is 2. The first-order valence-corrected chi connectivity index (χ1v) is 8.07. The largest absolute Gasteiger partial charge is 0.418 e. The summed E-state index contributed by atoms with van der Waals surface area (Å²) in [5.74, 6) is -2.34. The summed E-state index contributed by atoms with van der Waals surface area (Å²) in [5, 5.41) is 13.7. The van der Waals surface area contributed by atoms with Crippen molar-refractivity contribution in [2.45, 2.75) is 12.6 Å². The van der Waals surface area contributed by atoms with Crippen LogP contribution in [0.3, 0.4) is 0 Å². The van der Waals surface area contributed by atoms with Crippen LogP contribution in [0.5, 0.6) is 0 Å². The molecule has 0 saturated heterocycles. The molecule has 138 valence electrons. The maximum atomic E-state index is 13.0. The first kappa shape index (κ1) is 18.5. The molecule has 1 saturated carbocycles. The average molecular weight is 373 g/mol. The summed E-state index contributed by atoms with van der Waals surface area (Å²) in [6, 6.07) is 12.9. The summed E-state index contributed by atoms with van der Waals surface area (Å²) in [6.45, 7) is 0. The van der Waals surface area contributed by atoms with E-state index in [1.165, 1.54) is 24.3 Å². The molecule has 5 nitrogen and oxygen atoms in total. The Labute approximate surface area is 152 Å². The summed E-state index contributed by atoms with van der Waals surface area (Å²) >= 11 is 0. The molecule has 27 heavy (non-hydrogen) atoms. The summed E-state index contributed by atoms with van der Waals surface area (Å²) in [4.78, 5) is 24.4. The van der Waals surface area contributed by atoms with Gasteiger partial charge in [0, 0.05) is 5.69 Å². The van der Waals surface area contributed by atoms with Crippen molar-refractivity contribution in [1.29, 1.82) is 5.26 Å². The van der Waals surface area contributed by atoms with Crippen LogP contribution in [0.4, 0.5) is 24.5 Å². The standard InChI is InChI=1S/C19H14F3N3O2/c20-19(21,22)15-6-1-2-7-16(15)25-18(27)14-9-13(14)17(26)24-12-5-3-4-11(8-12)10-23/h1-8,13-14H,9H2,(H,24,26)(H,25,27). The highest BCUT2D eigenvalue weighted by molar-refractivity contribution is 6.03. The van der Waals surface area contributed by atoms with Crippen LogP contribution < -0.4 is 10.6 Å². The Hall–Kier alpha value is -3.34. The maximum absolute atomic E-state index is 13.0. The van der Waals surface area contributed by atoms with Crippen molar-refractivity contribution in [3.05, 3.63) is 59.7 Å². The third-order valence-corrected chi connectivity index (χ3v) is 4.21. The molecule has 0 radical (unpaired) electrons. The zero-order chi connectivity index (χ0) is 19.6. The topological polar surface area (TPSA) is 82.0 Å². The average Bonchev–Trinajstić information content (AvgIpc) is 3.42. The van der Waals surface area contributed by atoms with Gasteiger partial charge >= 0.3 is 6.18 Å². The van der Waals surface area contributed by atoms with Gasteiger partial charge < -0.3 is 10.6 Å². The number of nitrogens with zero attached hydrogens (tertiary/aromatic N) is 1. The quantitative estimate of drug-likeness (QED) is 0.855. The Morgan fingerprint density at radius 3 is 2.33 bits per heavy atom. The zero-order valence-corrected chi connectivity index (χ0v) is 13.9. The van der Waals surface area contributed by atoms with Crippen LogP contribution in [-0.2, 0) is 15.8 Å². The first-order valence-electron chi connectivity index (χ1n) is 8.07. The van der Waals surface area contributed by atoms with Gasteiger partial charge in [-0.25, -0.2) is 0 Å². The molecular weight excluding hydrogens is 359 g/mol. The van der Waals surface area contributed by atoms with Crippen LogP contribution >= 0.6 is 0 Å². The second kappa shape index (κ2) is 7.11. The van der Waals surface area contributed by atoms with Crippen molar-refractivity contribution in [2.24, 2.45) is 11.8 Å². The van der Waals surface area contributed by atoms with Gasteiger partial charge in [-0.3, -0.25) is 9.59 Å². The fourth-order valence-electron chi connectivity index (χ4n) is 2.74. The molecule has 0 bridgehead atoms. The molecule has 2 atom stereocenters. The number of para-hydroxylation sites is 1. The monoisotopic (exact) mass is 373 g/mol. The minimum absolute atomic E-state index is 0.254. The van der Waals surface area contributed by atoms with Gasteiger partial charge in [0.05, 0.1) is 34.7 Å². The molecule has 1 aliphatic rings. The second-order valence-corrected chi connectivity index (χ2v) is 6.16. The molecule has 0 spiro atoms. The molecule has 0 heterocycles. The molecular formula is C19H14F3N3O2. The number of alkyl halides is 3. The predicted octanol–water partition coefficient (Wildman–Crippen LogP) is 3.79. The number of hydrogen-bond donors (Lipinski definition) is 2. The van der Waals surface area contributed by atoms with Gasteiger partial charge in [-0.1, -0.05) is 18.2 Å². The Kier molecular flexibility index (Phi) is 4.86. The smallest absolute Gasteiger partial charge is 0.326 e. The van der Waals surface area contributed by atoms with E-state index < -0.39 is 35.4 Å². The van der Waals surface area contributed by atoms with Crippen LogP contribution in [0, 0.1) is 23.2 Å². The van der Waals surface area contributed by atoms with Crippen molar-refractivity contribution in [1.82, 2.24) is 0 Å².